The first-order valence-electron chi connectivity index (χ1n) is 5.46. The zero-order valence-corrected chi connectivity index (χ0v) is 9.33. The first-order chi connectivity index (χ1) is 8.39. The van der Waals surface area contributed by atoms with Gasteiger partial charge in [-0.05, 0) is 18.9 Å². The van der Waals surface area contributed by atoms with Gasteiger partial charge in [-0.2, -0.15) is 13.2 Å². The molecule has 1 fully saturated rings. The second-order valence-electron chi connectivity index (χ2n) is 4.21. The van der Waals surface area contributed by atoms with Gasteiger partial charge < -0.3 is 5.32 Å². The maximum Gasteiger partial charge on any atom is 0.416 e. The van der Waals surface area contributed by atoms with E-state index in [1.54, 1.807) is 0 Å². The molecule has 1 aliphatic carbocycles. The smallest absolute Gasteiger partial charge is 0.310 e. The highest BCUT2D eigenvalue weighted by atomic mass is 19.4. The van der Waals surface area contributed by atoms with E-state index in [0.717, 1.165) is 31.0 Å². The van der Waals surface area contributed by atoms with Crippen molar-refractivity contribution in [3.63, 3.8) is 0 Å². The summed E-state index contributed by atoms with van der Waals surface area (Å²) in [7, 11) is 0. The largest absolute Gasteiger partial charge is 0.416 e. The Morgan fingerprint density at radius 3 is 2.56 bits per heavy atom. The Morgan fingerprint density at radius 2 is 2.06 bits per heavy atom. The van der Waals surface area contributed by atoms with Gasteiger partial charge in [0, 0.05) is 18.7 Å². The van der Waals surface area contributed by atoms with Gasteiger partial charge in [-0.3, -0.25) is 10.1 Å². The van der Waals surface area contributed by atoms with Crippen molar-refractivity contribution in [3.8, 4) is 0 Å². The van der Waals surface area contributed by atoms with Crippen molar-refractivity contribution in [1.29, 1.82) is 0 Å². The fourth-order valence-corrected chi connectivity index (χ4v) is 1.73. The first-order valence-corrected chi connectivity index (χ1v) is 5.46. The summed E-state index contributed by atoms with van der Waals surface area (Å²) in [5, 5.41) is 13.6. The van der Waals surface area contributed by atoms with Gasteiger partial charge in [0.25, 0.3) is 5.69 Å². The number of hydrogen-bond donors (Lipinski definition) is 1. The predicted molar refractivity (Wildman–Crippen MR) is 58.0 cm³/mol. The lowest BCUT2D eigenvalue weighted by Gasteiger charge is -2.13. The fourth-order valence-electron chi connectivity index (χ4n) is 1.73. The standard InChI is InChI=1S/C11H11F3N2O2/c12-11(13,14)9-2-1-3-10(16(17)18)8(9)6-15-7-4-5-7/h1-3,7,15H,4-6H2. The summed E-state index contributed by atoms with van der Waals surface area (Å²) in [5.41, 5.74) is -1.72. The minimum Gasteiger partial charge on any atom is -0.310 e. The number of nitro benzene ring substituents is 1. The summed E-state index contributed by atoms with van der Waals surface area (Å²) in [5.74, 6) is 0. The number of alkyl halides is 3. The summed E-state index contributed by atoms with van der Waals surface area (Å²) in [6.45, 7) is -0.128. The second-order valence-corrected chi connectivity index (χ2v) is 4.21. The van der Waals surface area contributed by atoms with Crippen molar-refractivity contribution in [2.45, 2.75) is 31.6 Å². The molecule has 7 heteroatoms. The second kappa shape index (κ2) is 4.56. The number of rotatable bonds is 4. The average molecular weight is 260 g/mol. The molecule has 0 unspecified atom stereocenters. The zero-order valence-electron chi connectivity index (χ0n) is 9.33. The molecular weight excluding hydrogens is 249 g/mol. The highest BCUT2D eigenvalue weighted by Crippen LogP contribution is 2.36. The number of benzene rings is 1. The topological polar surface area (TPSA) is 55.2 Å². The first kappa shape index (κ1) is 12.8. The van der Waals surface area contributed by atoms with Crippen LogP contribution in [0.5, 0.6) is 0 Å². The van der Waals surface area contributed by atoms with Gasteiger partial charge in [0.2, 0.25) is 0 Å². The van der Waals surface area contributed by atoms with E-state index in [2.05, 4.69) is 5.32 Å². The van der Waals surface area contributed by atoms with E-state index >= 15 is 0 Å². The van der Waals surface area contributed by atoms with Gasteiger partial charge in [0.05, 0.1) is 16.1 Å². The average Bonchev–Trinajstić information content (AvgIpc) is 3.08. The predicted octanol–water partition coefficient (Wildman–Crippen LogP) is 2.87. The lowest BCUT2D eigenvalue weighted by atomic mass is 10.0. The summed E-state index contributed by atoms with van der Waals surface area (Å²) in [6.07, 6.45) is -2.77. The van der Waals surface area contributed by atoms with Crippen LogP contribution in [0.3, 0.4) is 0 Å². The Kier molecular flexibility index (Phi) is 3.25. The van der Waals surface area contributed by atoms with E-state index in [-0.39, 0.29) is 18.2 Å². The van der Waals surface area contributed by atoms with E-state index in [1.165, 1.54) is 0 Å². The van der Waals surface area contributed by atoms with Crippen molar-refractivity contribution in [2.75, 3.05) is 0 Å². The fraction of sp³-hybridized carbons (Fsp3) is 0.455. The Labute approximate surface area is 101 Å². The number of halogens is 3. The number of nitrogens with zero attached hydrogens (tertiary/aromatic N) is 1. The Morgan fingerprint density at radius 1 is 1.39 bits per heavy atom. The van der Waals surface area contributed by atoms with Crippen molar-refractivity contribution in [1.82, 2.24) is 5.32 Å². The Balaban J connectivity index is 2.37. The molecule has 1 saturated carbocycles. The van der Waals surface area contributed by atoms with Gasteiger partial charge in [-0.15, -0.1) is 0 Å². The van der Waals surface area contributed by atoms with Crippen molar-refractivity contribution in [3.05, 3.63) is 39.4 Å². The third-order valence-corrected chi connectivity index (χ3v) is 2.80. The quantitative estimate of drug-likeness (QED) is 0.669. The molecule has 0 aliphatic heterocycles. The summed E-state index contributed by atoms with van der Waals surface area (Å²) >= 11 is 0. The third kappa shape index (κ3) is 2.79. The molecule has 0 amide bonds. The van der Waals surface area contributed by atoms with E-state index < -0.39 is 22.4 Å². The maximum atomic E-state index is 12.8. The van der Waals surface area contributed by atoms with E-state index in [1.807, 2.05) is 0 Å². The van der Waals surface area contributed by atoms with Crippen molar-refractivity contribution in [2.24, 2.45) is 0 Å². The van der Waals surface area contributed by atoms with Crippen LogP contribution in [0, 0.1) is 10.1 Å². The van der Waals surface area contributed by atoms with Gasteiger partial charge in [-0.25, -0.2) is 0 Å². The number of nitro groups is 1. The monoisotopic (exact) mass is 260 g/mol. The van der Waals surface area contributed by atoms with Crippen LogP contribution in [0.2, 0.25) is 0 Å². The third-order valence-electron chi connectivity index (χ3n) is 2.80. The normalized spacial score (nSPS) is 15.7. The van der Waals surface area contributed by atoms with Crippen LogP contribution in [0.4, 0.5) is 18.9 Å². The molecular formula is C11H11F3N2O2. The molecule has 0 bridgehead atoms. The van der Waals surface area contributed by atoms with Gasteiger partial charge >= 0.3 is 6.18 Å². The SMILES string of the molecule is O=[N+]([O-])c1cccc(C(F)(F)F)c1CNC1CC1. The molecule has 1 aromatic rings. The molecule has 0 aromatic heterocycles. The molecule has 0 radical (unpaired) electrons. The maximum absolute atomic E-state index is 12.8. The van der Waals surface area contributed by atoms with Crippen LogP contribution < -0.4 is 5.32 Å². The molecule has 98 valence electrons. The molecule has 1 aromatic carbocycles. The Hall–Kier alpha value is -1.63. The molecule has 0 atom stereocenters. The number of nitrogens with one attached hydrogen (secondary N) is 1. The molecule has 1 aliphatic rings. The van der Waals surface area contributed by atoms with Crippen LogP contribution >= 0.6 is 0 Å². The van der Waals surface area contributed by atoms with Crippen LogP contribution in [0.15, 0.2) is 18.2 Å². The van der Waals surface area contributed by atoms with Crippen LogP contribution in [-0.4, -0.2) is 11.0 Å². The summed E-state index contributed by atoms with van der Waals surface area (Å²) in [6, 6.07) is 3.21. The van der Waals surface area contributed by atoms with Crippen molar-refractivity contribution >= 4 is 5.69 Å². The van der Waals surface area contributed by atoms with Crippen molar-refractivity contribution < 1.29 is 18.1 Å². The van der Waals surface area contributed by atoms with Gasteiger partial charge in [0.15, 0.2) is 0 Å². The molecule has 0 spiro atoms. The highest BCUT2D eigenvalue weighted by Gasteiger charge is 2.36. The van der Waals surface area contributed by atoms with Crippen LogP contribution in [0.25, 0.3) is 0 Å². The molecule has 18 heavy (non-hydrogen) atoms. The van der Waals surface area contributed by atoms with Crippen LogP contribution in [-0.2, 0) is 12.7 Å². The molecule has 0 heterocycles. The van der Waals surface area contributed by atoms with E-state index in [4.69, 9.17) is 0 Å². The lowest BCUT2D eigenvalue weighted by Crippen LogP contribution is -2.20. The van der Waals surface area contributed by atoms with Crippen LogP contribution in [0.1, 0.15) is 24.0 Å². The molecule has 0 saturated heterocycles. The number of hydrogen-bond acceptors (Lipinski definition) is 3. The minimum atomic E-state index is -4.58. The van der Waals surface area contributed by atoms with E-state index in [9.17, 15) is 23.3 Å². The highest BCUT2D eigenvalue weighted by molar-refractivity contribution is 5.46. The van der Waals surface area contributed by atoms with Gasteiger partial charge in [0.1, 0.15) is 0 Å². The van der Waals surface area contributed by atoms with E-state index in [0.29, 0.717) is 0 Å². The van der Waals surface area contributed by atoms with Gasteiger partial charge in [-0.1, -0.05) is 6.07 Å². The molecule has 2 rings (SSSR count). The summed E-state index contributed by atoms with van der Waals surface area (Å²) in [4.78, 5) is 9.99. The summed E-state index contributed by atoms with van der Waals surface area (Å²) < 4.78 is 38.3. The molecule has 1 N–H and O–H groups in total. The molecule has 4 nitrogen and oxygen atoms in total. The Bertz CT molecular complexity index is 470. The lowest BCUT2D eigenvalue weighted by molar-refractivity contribution is -0.385. The zero-order chi connectivity index (χ0) is 13.3. The minimum absolute atomic E-state index is 0.128.